The fraction of sp³-hybridized carbons (Fsp3) is 0.982. The van der Waals surface area contributed by atoms with Crippen molar-refractivity contribution < 1.29 is 44.5 Å². The number of aliphatic hydroxyl groups is 5. The molecule has 11 heteroatoms. The number of ether oxygens (including phenoxy) is 3. The molecule has 1 rings (SSSR count). The topological polar surface area (TPSA) is 170 Å². The van der Waals surface area contributed by atoms with Crippen LogP contribution in [-0.4, -0.2) is 106 Å². The Labute approximate surface area is 406 Å². The van der Waals surface area contributed by atoms with E-state index in [4.69, 9.17) is 14.2 Å². The molecule has 0 spiro atoms. The zero-order valence-electron chi connectivity index (χ0n) is 43.8. The largest absolute Gasteiger partial charge is 0.447 e. The summed E-state index contributed by atoms with van der Waals surface area (Å²) in [6.07, 6.45) is 37.4. The van der Waals surface area contributed by atoms with Crippen LogP contribution in [-0.2, 0) is 14.2 Å². The quantitative estimate of drug-likeness (QED) is 0.0292. The number of rotatable bonds is 46. The molecule has 0 aromatic carbocycles. The van der Waals surface area contributed by atoms with Gasteiger partial charge in [0.2, 0.25) is 0 Å². The summed E-state index contributed by atoms with van der Waals surface area (Å²) >= 11 is 0. The standard InChI is InChI=1S/C55H110N2O9/c1-6-8-10-12-14-16-18-20-21-22-23-24-25-26-27-28-29-30-31-33-35-37-39-41-43-56-46(49(59)47(58)42-40-38-36-34-32-19-17-15-13-11-9-7-2)44-64-53-52(62)51(61)50(60)48(66-53)45-65-54(63)57-55(3,4)5/h46-53,56,58-62H,6-45H2,1-5H3,(H,57,63)/t46-,47+,48+,49-,50-,51-,52+,53-/m0/s1. The third kappa shape index (κ3) is 35.1. The first-order valence-electron chi connectivity index (χ1n) is 28.3. The molecular formula is C55H110N2O9. The number of carbonyl (C=O) groups excluding carboxylic acids is 1. The second-order valence-electron chi connectivity index (χ2n) is 21.2. The van der Waals surface area contributed by atoms with Crippen LogP contribution < -0.4 is 10.6 Å². The third-order valence-electron chi connectivity index (χ3n) is 13.6. The SMILES string of the molecule is CCCCCCCCCCCCCCCCCCCCCCCCCCN[C@@H](CO[C@H]1O[C@H](COC(=O)NC(C)(C)C)[C@H](O)[C@H](O)[C@H]1O)[C@H](O)[C@H](O)CCCCCCCCCCCCCC. The van der Waals surface area contributed by atoms with Crippen molar-refractivity contribution >= 4 is 6.09 Å². The summed E-state index contributed by atoms with van der Waals surface area (Å²) in [7, 11) is 0. The van der Waals surface area contributed by atoms with Gasteiger partial charge in [0.25, 0.3) is 0 Å². The number of hydrogen-bond donors (Lipinski definition) is 7. The lowest BCUT2D eigenvalue weighted by Gasteiger charge is -2.40. The number of hydrogen-bond acceptors (Lipinski definition) is 10. The maximum Gasteiger partial charge on any atom is 0.407 e. The number of unbranched alkanes of at least 4 members (excludes halogenated alkanes) is 34. The summed E-state index contributed by atoms with van der Waals surface area (Å²) in [5.41, 5.74) is -0.532. The van der Waals surface area contributed by atoms with Crippen LogP contribution in [0.25, 0.3) is 0 Å². The molecule has 1 aliphatic heterocycles. The van der Waals surface area contributed by atoms with Crippen molar-refractivity contribution in [2.24, 2.45) is 0 Å². The highest BCUT2D eigenvalue weighted by atomic mass is 16.7. The van der Waals surface area contributed by atoms with Gasteiger partial charge in [0, 0.05) is 5.54 Å². The first kappa shape index (κ1) is 63.0. The van der Waals surface area contributed by atoms with Crippen molar-refractivity contribution in [1.82, 2.24) is 10.6 Å². The molecule has 1 aliphatic rings. The number of alkyl carbamates (subject to hydrolysis) is 1. The molecule has 0 aromatic heterocycles. The second-order valence-corrected chi connectivity index (χ2v) is 21.2. The van der Waals surface area contributed by atoms with E-state index in [1.54, 1.807) is 0 Å². The second kappa shape index (κ2) is 42.8. The molecule has 8 atom stereocenters. The van der Waals surface area contributed by atoms with E-state index in [0.29, 0.717) is 13.0 Å². The molecule has 1 amide bonds. The molecule has 0 saturated carbocycles. The minimum absolute atomic E-state index is 0.112. The normalized spacial score (nSPS) is 20.4. The lowest BCUT2D eigenvalue weighted by atomic mass is 9.98. The molecule has 394 valence electrons. The van der Waals surface area contributed by atoms with Gasteiger partial charge in [0.15, 0.2) is 6.29 Å². The molecule has 1 fully saturated rings. The molecule has 0 aromatic rings. The lowest BCUT2D eigenvalue weighted by Crippen LogP contribution is -2.60. The summed E-state index contributed by atoms with van der Waals surface area (Å²) in [6, 6.07) is -0.658. The van der Waals surface area contributed by atoms with Gasteiger partial charge in [-0.2, -0.15) is 0 Å². The highest BCUT2D eigenvalue weighted by molar-refractivity contribution is 5.68. The van der Waals surface area contributed by atoms with Crippen molar-refractivity contribution in [2.45, 2.75) is 327 Å². The van der Waals surface area contributed by atoms with Crippen LogP contribution in [0.2, 0.25) is 0 Å². The van der Waals surface area contributed by atoms with E-state index in [1.807, 2.05) is 20.8 Å². The maximum absolute atomic E-state index is 12.3. The van der Waals surface area contributed by atoms with Gasteiger partial charge in [-0.25, -0.2) is 4.79 Å². The van der Waals surface area contributed by atoms with E-state index in [9.17, 15) is 30.3 Å². The maximum atomic E-state index is 12.3. The summed E-state index contributed by atoms with van der Waals surface area (Å²) < 4.78 is 17.0. The van der Waals surface area contributed by atoms with Gasteiger partial charge < -0.3 is 50.4 Å². The van der Waals surface area contributed by atoms with Crippen LogP contribution in [0.1, 0.15) is 272 Å². The van der Waals surface area contributed by atoms with Crippen LogP contribution in [0.4, 0.5) is 4.79 Å². The fourth-order valence-corrected chi connectivity index (χ4v) is 9.18. The Balaban J connectivity index is 2.39. The van der Waals surface area contributed by atoms with Gasteiger partial charge in [0.1, 0.15) is 31.0 Å². The van der Waals surface area contributed by atoms with Crippen LogP contribution in [0.5, 0.6) is 0 Å². The Hall–Kier alpha value is -1.05. The molecule has 1 saturated heterocycles. The summed E-state index contributed by atoms with van der Waals surface area (Å²) in [6.45, 7) is 10.1. The van der Waals surface area contributed by atoms with Crippen LogP contribution in [0.15, 0.2) is 0 Å². The minimum atomic E-state index is -1.60. The van der Waals surface area contributed by atoms with E-state index in [1.165, 1.54) is 193 Å². The molecule has 11 nitrogen and oxygen atoms in total. The average molecular weight is 943 g/mol. The smallest absolute Gasteiger partial charge is 0.407 e. The summed E-state index contributed by atoms with van der Waals surface area (Å²) in [4.78, 5) is 12.3. The van der Waals surface area contributed by atoms with Crippen molar-refractivity contribution in [3.63, 3.8) is 0 Å². The molecule has 1 heterocycles. The third-order valence-corrected chi connectivity index (χ3v) is 13.6. The van der Waals surface area contributed by atoms with E-state index in [2.05, 4.69) is 24.5 Å². The number of nitrogens with one attached hydrogen (secondary N) is 2. The molecule has 0 aliphatic carbocycles. The van der Waals surface area contributed by atoms with E-state index < -0.39 is 60.6 Å². The average Bonchev–Trinajstić information content (AvgIpc) is 3.28. The Morgan fingerprint density at radius 2 is 0.894 bits per heavy atom. The zero-order chi connectivity index (χ0) is 48.5. The molecule has 7 N–H and O–H groups in total. The van der Waals surface area contributed by atoms with Gasteiger partial charge >= 0.3 is 6.09 Å². The Kier molecular flexibility index (Phi) is 40.8. The molecule has 0 unspecified atom stereocenters. The monoisotopic (exact) mass is 943 g/mol. The van der Waals surface area contributed by atoms with Gasteiger partial charge in [-0.3, -0.25) is 0 Å². The first-order valence-corrected chi connectivity index (χ1v) is 28.3. The Morgan fingerprint density at radius 1 is 0.530 bits per heavy atom. The Bertz CT molecular complexity index is 1060. The van der Waals surface area contributed by atoms with E-state index in [-0.39, 0.29) is 13.2 Å². The number of aliphatic hydroxyl groups excluding tert-OH is 5. The van der Waals surface area contributed by atoms with Gasteiger partial charge in [-0.15, -0.1) is 0 Å². The highest BCUT2D eigenvalue weighted by Gasteiger charge is 2.45. The summed E-state index contributed by atoms with van der Waals surface area (Å²) in [5, 5.41) is 60.5. The van der Waals surface area contributed by atoms with Crippen LogP contribution in [0.3, 0.4) is 0 Å². The highest BCUT2D eigenvalue weighted by Crippen LogP contribution is 2.24. The fourth-order valence-electron chi connectivity index (χ4n) is 9.18. The van der Waals surface area contributed by atoms with Crippen molar-refractivity contribution in [2.75, 3.05) is 19.8 Å². The first-order chi connectivity index (χ1) is 31.9. The van der Waals surface area contributed by atoms with Crippen molar-refractivity contribution in [3.05, 3.63) is 0 Å². The minimum Gasteiger partial charge on any atom is -0.447 e. The number of amides is 1. The van der Waals surface area contributed by atoms with E-state index >= 15 is 0 Å². The molecule has 0 bridgehead atoms. The van der Waals surface area contributed by atoms with Crippen LogP contribution >= 0.6 is 0 Å². The van der Waals surface area contributed by atoms with Gasteiger partial charge in [-0.05, 0) is 40.2 Å². The van der Waals surface area contributed by atoms with E-state index in [0.717, 1.165) is 38.5 Å². The lowest BCUT2D eigenvalue weighted by molar-refractivity contribution is -0.303. The summed E-state index contributed by atoms with van der Waals surface area (Å²) in [5.74, 6) is 0. The van der Waals surface area contributed by atoms with Gasteiger partial charge in [0.05, 0.1) is 24.9 Å². The zero-order valence-corrected chi connectivity index (χ0v) is 43.8. The molecule has 66 heavy (non-hydrogen) atoms. The molecule has 0 radical (unpaired) electrons. The molecular weight excluding hydrogens is 833 g/mol. The van der Waals surface area contributed by atoms with Gasteiger partial charge in [-0.1, -0.05) is 239 Å². The predicted molar refractivity (Wildman–Crippen MR) is 273 cm³/mol. The van der Waals surface area contributed by atoms with Crippen molar-refractivity contribution in [3.8, 4) is 0 Å². The van der Waals surface area contributed by atoms with Crippen molar-refractivity contribution in [1.29, 1.82) is 0 Å². The predicted octanol–water partition coefficient (Wildman–Crippen LogP) is 12.5. The Morgan fingerprint density at radius 3 is 1.27 bits per heavy atom. The van der Waals surface area contributed by atoms with Crippen LogP contribution in [0, 0.1) is 0 Å². The number of carbonyl (C=O) groups is 1.